The first-order valence-corrected chi connectivity index (χ1v) is 8.88. The molecule has 0 radical (unpaired) electrons. The number of ether oxygens (including phenoxy) is 1. The van der Waals surface area contributed by atoms with Crippen LogP contribution in [0, 0.1) is 11.3 Å². The normalized spacial score (nSPS) is 25.5. The monoisotopic (exact) mass is 360 g/mol. The summed E-state index contributed by atoms with van der Waals surface area (Å²) in [7, 11) is 2.10. The Morgan fingerprint density at radius 3 is 2.68 bits per heavy atom. The van der Waals surface area contributed by atoms with Gasteiger partial charge in [0.25, 0.3) is 0 Å². The molecule has 0 bridgehead atoms. The van der Waals surface area contributed by atoms with E-state index in [0.717, 1.165) is 31.7 Å². The quantitative estimate of drug-likeness (QED) is 0.731. The number of hydrogen-bond acceptors (Lipinski definition) is 5. The van der Waals surface area contributed by atoms with Crippen molar-refractivity contribution < 1.29 is 9.84 Å². The van der Waals surface area contributed by atoms with Crippen LogP contribution in [0.2, 0.25) is 0 Å². The molecular weight excluding hydrogens is 336 g/mol. The summed E-state index contributed by atoms with van der Waals surface area (Å²) in [6.45, 7) is 7.34. The van der Waals surface area contributed by atoms with Crippen LogP contribution in [0.4, 0.5) is 0 Å². The third kappa shape index (κ3) is 3.56. The van der Waals surface area contributed by atoms with Crippen molar-refractivity contribution >= 4 is 17.3 Å². The molecule has 2 unspecified atom stereocenters. The molecule has 0 saturated carbocycles. The van der Waals surface area contributed by atoms with Gasteiger partial charge in [0.05, 0.1) is 17.7 Å². The number of piperazine rings is 1. The maximum Gasteiger partial charge on any atom is 0.169 e. The molecule has 1 aromatic carbocycles. The minimum atomic E-state index is -0.792. The van der Waals surface area contributed by atoms with Gasteiger partial charge in [-0.1, -0.05) is 0 Å². The van der Waals surface area contributed by atoms with Crippen molar-refractivity contribution in [2.24, 2.45) is 0 Å². The van der Waals surface area contributed by atoms with Crippen LogP contribution in [0.15, 0.2) is 18.2 Å². The fraction of sp³-hybridized carbons (Fsp3) is 0.556. The van der Waals surface area contributed by atoms with Gasteiger partial charge in [0.2, 0.25) is 0 Å². The first-order valence-electron chi connectivity index (χ1n) is 8.47. The van der Waals surface area contributed by atoms with Crippen LogP contribution in [-0.4, -0.2) is 65.0 Å². The maximum atomic E-state index is 10.8. The molecule has 7 heteroatoms. The standard InChI is InChI=1S/C18H24N4O2S/c1-18(2)16(23)15(13-10-12(11-19)4-5-14(13)24-18)20-17(25)22-8-6-21(3)7-9-22/h4-5,10,15-16,23H,6-9H2,1-3H3,(H,20,25). The maximum absolute atomic E-state index is 10.8. The van der Waals surface area contributed by atoms with Crippen molar-refractivity contribution in [3.8, 4) is 11.8 Å². The van der Waals surface area contributed by atoms with Gasteiger partial charge in [-0.3, -0.25) is 0 Å². The molecule has 0 aromatic heterocycles. The lowest BCUT2D eigenvalue weighted by atomic mass is 9.86. The lowest BCUT2D eigenvalue weighted by Crippen LogP contribution is -2.57. The van der Waals surface area contributed by atoms with Gasteiger partial charge >= 0.3 is 0 Å². The molecule has 1 aromatic rings. The van der Waals surface area contributed by atoms with Crippen LogP contribution in [0.25, 0.3) is 0 Å². The van der Waals surface area contributed by atoms with Gasteiger partial charge in [0, 0.05) is 31.7 Å². The second kappa shape index (κ2) is 6.79. The molecule has 0 aliphatic carbocycles. The average molecular weight is 360 g/mol. The molecule has 2 atom stereocenters. The summed E-state index contributed by atoms with van der Waals surface area (Å²) in [4.78, 5) is 4.39. The van der Waals surface area contributed by atoms with E-state index in [1.165, 1.54) is 0 Å². The van der Waals surface area contributed by atoms with Gasteiger partial charge in [0.1, 0.15) is 17.5 Å². The van der Waals surface area contributed by atoms with Gasteiger partial charge in [-0.05, 0) is 51.3 Å². The second-order valence-electron chi connectivity index (χ2n) is 7.23. The Balaban J connectivity index is 1.86. The summed E-state index contributed by atoms with van der Waals surface area (Å²) >= 11 is 5.59. The fourth-order valence-corrected chi connectivity index (χ4v) is 3.57. The molecule has 2 N–H and O–H groups in total. The third-order valence-electron chi connectivity index (χ3n) is 4.94. The molecule has 3 rings (SSSR count). The van der Waals surface area contributed by atoms with E-state index >= 15 is 0 Å². The van der Waals surface area contributed by atoms with Crippen molar-refractivity contribution in [3.05, 3.63) is 29.3 Å². The van der Waals surface area contributed by atoms with Crippen molar-refractivity contribution in [2.75, 3.05) is 33.2 Å². The molecule has 134 valence electrons. The van der Waals surface area contributed by atoms with E-state index in [4.69, 9.17) is 17.0 Å². The van der Waals surface area contributed by atoms with Gasteiger partial charge in [0.15, 0.2) is 5.11 Å². The van der Waals surface area contributed by atoms with Gasteiger partial charge < -0.3 is 25.0 Å². The SMILES string of the molecule is CN1CCN(C(=S)NC2c3cc(C#N)ccc3OC(C)(C)C2O)CC1. The van der Waals surface area contributed by atoms with E-state index in [1.807, 2.05) is 13.8 Å². The largest absolute Gasteiger partial charge is 0.485 e. The Morgan fingerprint density at radius 2 is 2.04 bits per heavy atom. The first-order chi connectivity index (χ1) is 11.8. The molecule has 2 aliphatic rings. The number of nitriles is 1. The molecule has 1 fully saturated rings. The van der Waals surface area contributed by atoms with Gasteiger partial charge in [-0.2, -0.15) is 5.26 Å². The summed E-state index contributed by atoms with van der Waals surface area (Å²) in [5.74, 6) is 0.674. The van der Waals surface area contributed by atoms with Gasteiger partial charge in [-0.15, -0.1) is 0 Å². The van der Waals surface area contributed by atoms with E-state index in [9.17, 15) is 10.4 Å². The van der Waals surface area contributed by atoms with E-state index in [1.54, 1.807) is 18.2 Å². The Hall–Kier alpha value is -1.88. The number of aliphatic hydroxyl groups excluding tert-OH is 1. The van der Waals surface area contributed by atoms with E-state index in [-0.39, 0.29) is 0 Å². The Kier molecular flexibility index (Phi) is 4.87. The number of nitrogens with one attached hydrogen (secondary N) is 1. The minimum Gasteiger partial charge on any atom is -0.485 e. The van der Waals surface area contributed by atoms with Crippen molar-refractivity contribution in [1.82, 2.24) is 15.1 Å². The van der Waals surface area contributed by atoms with Crippen LogP contribution in [-0.2, 0) is 0 Å². The highest BCUT2D eigenvalue weighted by molar-refractivity contribution is 7.80. The fourth-order valence-electron chi connectivity index (χ4n) is 3.26. The van der Waals surface area contributed by atoms with Crippen molar-refractivity contribution in [2.45, 2.75) is 31.6 Å². The number of fused-ring (bicyclic) bond motifs is 1. The molecule has 6 nitrogen and oxygen atoms in total. The smallest absolute Gasteiger partial charge is 0.169 e. The molecular formula is C18H24N4O2S. The third-order valence-corrected chi connectivity index (χ3v) is 5.32. The molecule has 2 aliphatic heterocycles. The highest BCUT2D eigenvalue weighted by Crippen LogP contribution is 2.40. The zero-order chi connectivity index (χ0) is 18.2. The Morgan fingerprint density at radius 1 is 1.36 bits per heavy atom. The van der Waals surface area contributed by atoms with Crippen LogP contribution in [0.1, 0.15) is 31.0 Å². The first kappa shape index (κ1) is 17.9. The number of thiocarbonyl (C=S) groups is 1. The summed E-state index contributed by atoms with van der Waals surface area (Å²) in [6.07, 6.45) is -0.792. The summed E-state index contributed by atoms with van der Waals surface area (Å²) < 4.78 is 5.94. The number of aliphatic hydroxyl groups is 1. The average Bonchev–Trinajstić information content (AvgIpc) is 2.59. The Labute approximate surface area is 154 Å². The molecule has 2 heterocycles. The van der Waals surface area contributed by atoms with Gasteiger partial charge in [-0.25, -0.2) is 0 Å². The van der Waals surface area contributed by atoms with E-state index < -0.39 is 17.7 Å². The second-order valence-corrected chi connectivity index (χ2v) is 7.62. The summed E-state index contributed by atoms with van der Waals surface area (Å²) in [5.41, 5.74) is 0.547. The molecule has 25 heavy (non-hydrogen) atoms. The van der Waals surface area contributed by atoms with Crippen LogP contribution in [0.5, 0.6) is 5.75 Å². The zero-order valence-corrected chi connectivity index (χ0v) is 15.6. The summed E-state index contributed by atoms with van der Waals surface area (Å²) in [6, 6.07) is 7.00. The highest BCUT2D eigenvalue weighted by Gasteiger charge is 2.43. The predicted octanol–water partition coefficient (Wildman–Crippen LogP) is 1.25. The Bertz CT molecular complexity index is 708. The summed E-state index contributed by atoms with van der Waals surface area (Å²) in [5, 5.41) is 24.0. The van der Waals surface area contributed by atoms with Crippen molar-refractivity contribution in [3.63, 3.8) is 0 Å². The number of benzene rings is 1. The van der Waals surface area contributed by atoms with E-state index in [2.05, 4.69) is 28.2 Å². The molecule has 1 saturated heterocycles. The van der Waals surface area contributed by atoms with E-state index in [0.29, 0.717) is 16.4 Å². The zero-order valence-electron chi connectivity index (χ0n) is 14.8. The lowest BCUT2D eigenvalue weighted by Gasteiger charge is -2.44. The number of hydrogen-bond donors (Lipinski definition) is 2. The number of rotatable bonds is 1. The lowest BCUT2D eigenvalue weighted by molar-refractivity contribution is -0.0614. The number of nitrogens with zero attached hydrogens (tertiary/aromatic N) is 3. The highest BCUT2D eigenvalue weighted by atomic mass is 32.1. The number of likely N-dealkylation sites (N-methyl/N-ethyl adjacent to an activating group) is 1. The molecule has 0 spiro atoms. The van der Waals surface area contributed by atoms with Crippen LogP contribution >= 0.6 is 12.2 Å². The minimum absolute atomic E-state index is 0.417. The molecule has 0 amide bonds. The van der Waals surface area contributed by atoms with Crippen LogP contribution < -0.4 is 10.1 Å². The predicted molar refractivity (Wildman–Crippen MR) is 99.4 cm³/mol. The van der Waals surface area contributed by atoms with Crippen molar-refractivity contribution in [1.29, 1.82) is 5.26 Å². The van der Waals surface area contributed by atoms with Crippen LogP contribution in [0.3, 0.4) is 0 Å². The topological polar surface area (TPSA) is 71.8 Å².